The smallest absolute Gasteiger partial charge is 0.272 e. The quantitative estimate of drug-likeness (QED) is 0.597. The molecular formula is C17H18N2O3S. The third kappa shape index (κ3) is 3.59. The molecule has 3 rings (SSSR count). The van der Waals surface area contributed by atoms with Crippen LogP contribution in [-0.2, 0) is 6.42 Å². The molecule has 1 heterocycles. The lowest BCUT2D eigenvalue weighted by Gasteiger charge is -2.22. The molecule has 0 saturated heterocycles. The van der Waals surface area contributed by atoms with E-state index in [0.717, 1.165) is 19.3 Å². The Balaban J connectivity index is 1.75. The molecule has 1 amide bonds. The highest BCUT2D eigenvalue weighted by molar-refractivity contribution is 7.09. The Labute approximate surface area is 138 Å². The Morgan fingerprint density at radius 1 is 1.39 bits per heavy atom. The van der Waals surface area contributed by atoms with Gasteiger partial charge in [0.25, 0.3) is 11.6 Å². The molecule has 23 heavy (non-hydrogen) atoms. The van der Waals surface area contributed by atoms with Crippen molar-refractivity contribution in [1.29, 1.82) is 0 Å². The van der Waals surface area contributed by atoms with Crippen molar-refractivity contribution >= 4 is 22.9 Å². The first-order chi connectivity index (χ1) is 11.1. The Morgan fingerprint density at radius 2 is 2.17 bits per heavy atom. The predicted octanol–water partition coefficient (Wildman–Crippen LogP) is 3.81. The maximum absolute atomic E-state index is 12.8. The molecule has 1 aromatic carbocycles. The lowest BCUT2D eigenvalue weighted by Crippen LogP contribution is -2.34. The number of carbonyl (C=O) groups excluding carboxylic acids is 1. The molecule has 5 nitrogen and oxygen atoms in total. The zero-order valence-corrected chi connectivity index (χ0v) is 13.7. The van der Waals surface area contributed by atoms with Crippen molar-refractivity contribution in [3.63, 3.8) is 0 Å². The fourth-order valence-corrected chi connectivity index (χ4v) is 3.38. The van der Waals surface area contributed by atoms with E-state index in [1.807, 2.05) is 16.3 Å². The van der Waals surface area contributed by atoms with Crippen LogP contribution in [0.15, 0.2) is 35.7 Å². The molecule has 2 aromatic rings. The molecule has 6 heteroatoms. The number of amides is 1. The van der Waals surface area contributed by atoms with E-state index in [4.69, 9.17) is 0 Å². The van der Waals surface area contributed by atoms with Crippen molar-refractivity contribution in [2.75, 3.05) is 6.54 Å². The largest absolute Gasteiger partial charge is 0.335 e. The molecule has 0 radical (unpaired) electrons. The van der Waals surface area contributed by atoms with Crippen molar-refractivity contribution in [3.8, 4) is 0 Å². The number of rotatable bonds is 6. The molecule has 0 bridgehead atoms. The van der Waals surface area contributed by atoms with Crippen LogP contribution in [0.3, 0.4) is 0 Å². The van der Waals surface area contributed by atoms with E-state index in [1.165, 1.54) is 10.9 Å². The van der Waals surface area contributed by atoms with Gasteiger partial charge in [0.05, 0.1) is 4.92 Å². The van der Waals surface area contributed by atoms with Crippen LogP contribution in [0.4, 0.5) is 5.69 Å². The van der Waals surface area contributed by atoms with Crippen molar-refractivity contribution in [2.24, 2.45) is 0 Å². The van der Waals surface area contributed by atoms with Gasteiger partial charge in [0, 0.05) is 34.7 Å². The number of thiophene rings is 1. The number of hydrogen-bond acceptors (Lipinski definition) is 4. The van der Waals surface area contributed by atoms with Gasteiger partial charge in [-0.25, -0.2) is 0 Å². The highest BCUT2D eigenvalue weighted by atomic mass is 32.1. The summed E-state index contributed by atoms with van der Waals surface area (Å²) >= 11 is 1.70. The molecule has 0 unspecified atom stereocenters. The molecule has 1 fully saturated rings. The van der Waals surface area contributed by atoms with E-state index >= 15 is 0 Å². The first kappa shape index (κ1) is 15.7. The molecule has 0 atom stereocenters. The number of nitro groups is 1. The van der Waals surface area contributed by atoms with Gasteiger partial charge < -0.3 is 4.90 Å². The lowest BCUT2D eigenvalue weighted by molar-refractivity contribution is -0.385. The van der Waals surface area contributed by atoms with Gasteiger partial charge in [-0.2, -0.15) is 0 Å². The van der Waals surface area contributed by atoms with E-state index < -0.39 is 4.92 Å². The number of aryl methyl sites for hydroxylation is 1. The summed E-state index contributed by atoms with van der Waals surface area (Å²) in [7, 11) is 0. The zero-order chi connectivity index (χ0) is 16.4. The van der Waals surface area contributed by atoms with Gasteiger partial charge in [-0.1, -0.05) is 6.07 Å². The predicted molar refractivity (Wildman–Crippen MR) is 89.9 cm³/mol. The monoisotopic (exact) mass is 330 g/mol. The van der Waals surface area contributed by atoms with Crippen LogP contribution in [0.5, 0.6) is 0 Å². The molecule has 1 saturated carbocycles. The van der Waals surface area contributed by atoms with Gasteiger partial charge in [-0.05, 0) is 49.8 Å². The fraction of sp³-hybridized carbons (Fsp3) is 0.353. The minimum absolute atomic E-state index is 0.0259. The third-order valence-electron chi connectivity index (χ3n) is 4.07. The minimum Gasteiger partial charge on any atom is -0.335 e. The molecule has 1 aliphatic rings. The van der Waals surface area contributed by atoms with Gasteiger partial charge in [0.2, 0.25) is 0 Å². The van der Waals surface area contributed by atoms with Crippen molar-refractivity contribution < 1.29 is 9.72 Å². The van der Waals surface area contributed by atoms with E-state index in [-0.39, 0.29) is 11.6 Å². The maximum Gasteiger partial charge on any atom is 0.272 e. The molecule has 0 N–H and O–H groups in total. The average molecular weight is 330 g/mol. The maximum atomic E-state index is 12.8. The summed E-state index contributed by atoms with van der Waals surface area (Å²) in [6.07, 6.45) is 2.94. The molecule has 0 spiro atoms. The standard InChI is InChI=1S/C17H18N2O3S/c1-12-11-13(4-7-16(12)19(21)22)17(20)18(14-5-6-14)9-8-15-3-2-10-23-15/h2-4,7,10-11,14H,5-6,8-9H2,1H3. The average Bonchev–Trinajstić information content (AvgIpc) is 3.22. The van der Waals surface area contributed by atoms with Crippen LogP contribution in [-0.4, -0.2) is 28.3 Å². The van der Waals surface area contributed by atoms with Crippen molar-refractivity contribution in [2.45, 2.75) is 32.2 Å². The number of carbonyl (C=O) groups is 1. The Morgan fingerprint density at radius 3 is 2.74 bits per heavy atom. The summed E-state index contributed by atoms with van der Waals surface area (Å²) in [4.78, 5) is 26.4. The Bertz CT molecular complexity index is 723. The number of nitrogens with zero attached hydrogens (tertiary/aromatic N) is 2. The minimum atomic E-state index is -0.418. The van der Waals surface area contributed by atoms with Crippen LogP contribution in [0, 0.1) is 17.0 Å². The first-order valence-electron chi connectivity index (χ1n) is 7.64. The van der Waals surface area contributed by atoms with Gasteiger partial charge in [0.15, 0.2) is 0 Å². The summed E-state index contributed by atoms with van der Waals surface area (Å²) in [5, 5.41) is 12.9. The molecule has 1 aromatic heterocycles. The summed E-state index contributed by atoms with van der Waals surface area (Å²) < 4.78 is 0. The van der Waals surface area contributed by atoms with Crippen LogP contribution < -0.4 is 0 Å². The number of hydrogen-bond donors (Lipinski definition) is 0. The zero-order valence-electron chi connectivity index (χ0n) is 12.9. The second-order valence-corrected chi connectivity index (χ2v) is 6.85. The topological polar surface area (TPSA) is 63.5 Å². The lowest BCUT2D eigenvalue weighted by atomic mass is 10.1. The molecule has 1 aliphatic carbocycles. The van der Waals surface area contributed by atoms with E-state index in [0.29, 0.717) is 23.7 Å². The molecule has 120 valence electrons. The second kappa shape index (κ2) is 6.50. The summed E-state index contributed by atoms with van der Waals surface area (Å²) in [5.74, 6) is -0.0259. The van der Waals surface area contributed by atoms with Crippen LogP contribution in [0.25, 0.3) is 0 Å². The Hall–Kier alpha value is -2.21. The van der Waals surface area contributed by atoms with Crippen molar-refractivity contribution in [1.82, 2.24) is 4.90 Å². The van der Waals surface area contributed by atoms with Crippen molar-refractivity contribution in [3.05, 3.63) is 61.8 Å². The highest BCUT2D eigenvalue weighted by Crippen LogP contribution is 2.29. The van der Waals surface area contributed by atoms with Gasteiger partial charge in [-0.3, -0.25) is 14.9 Å². The first-order valence-corrected chi connectivity index (χ1v) is 8.52. The second-order valence-electron chi connectivity index (χ2n) is 5.82. The van der Waals surface area contributed by atoms with Gasteiger partial charge in [0.1, 0.15) is 0 Å². The number of nitro benzene ring substituents is 1. The summed E-state index contributed by atoms with van der Waals surface area (Å²) in [6.45, 7) is 2.36. The van der Waals surface area contributed by atoms with Crippen LogP contribution >= 0.6 is 11.3 Å². The fourth-order valence-electron chi connectivity index (χ4n) is 2.68. The summed E-state index contributed by atoms with van der Waals surface area (Å²) in [5.41, 5.74) is 1.11. The number of benzene rings is 1. The SMILES string of the molecule is Cc1cc(C(=O)N(CCc2cccs2)C2CC2)ccc1[N+](=O)[O-]. The van der Waals surface area contributed by atoms with Crippen LogP contribution in [0.1, 0.15) is 33.6 Å². The van der Waals surface area contributed by atoms with E-state index in [9.17, 15) is 14.9 Å². The third-order valence-corrected chi connectivity index (χ3v) is 5.00. The Kier molecular flexibility index (Phi) is 4.43. The highest BCUT2D eigenvalue weighted by Gasteiger charge is 2.33. The molecule has 0 aliphatic heterocycles. The molecular weight excluding hydrogens is 312 g/mol. The normalized spacial score (nSPS) is 13.8. The van der Waals surface area contributed by atoms with Crippen LogP contribution in [0.2, 0.25) is 0 Å². The van der Waals surface area contributed by atoms with E-state index in [2.05, 4.69) is 6.07 Å². The van der Waals surface area contributed by atoms with Gasteiger partial charge >= 0.3 is 0 Å². The van der Waals surface area contributed by atoms with Gasteiger partial charge in [-0.15, -0.1) is 11.3 Å². The summed E-state index contributed by atoms with van der Waals surface area (Å²) in [6, 6.07) is 9.03. The van der Waals surface area contributed by atoms with E-state index in [1.54, 1.807) is 30.4 Å².